The summed E-state index contributed by atoms with van der Waals surface area (Å²) < 4.78 is 5.63. The molecule has 0 amide bonds. The highest BCUT2D eigenvalue weighted by atomic mass is 16.5. The summed E-state index contributed by atoms with van der Waals surface area (Å²) in [6, 6.07) is 22.5. The van der Waals surface area contributed by atoms with Gasteiger partial charge in [-0.2, -0.15) is 0 Å². The summed E-state index contributed by atoms with van der Waals surface area (Å²) in [6.45, 7) is 5.34. The van der Waals surface area contributed by atoms with Crippen molar-refractivity contribution in [3.05, 3.63) is 90.0 Å². The maximum atomic E-state index is 12.1. The molecular formula is C23H18O2. The summed E-state index contributed by atoms with van der Waals surface area (Å²) in [5.74, 6) is 0.215. The Balaban J connectivity index is 1.91. The van der Waals surface area contributed by atoms with E-state index < -0.39 is 0 Å². The van der Waals surface area contributed by atoms with Crippen molar-refractivity contribution in [2.45, 2.75) is 13.3 Å². The standard InChI is InChI=1S/C23H18O2/c1-15(2)23(24)25-21-13-12-18(16-8-4-3-5-9-16)20-14-17-10-6-7-11-19(17)22(20)21/h3-13H,1,14H2,2H3. The van der Waals surface area contributed by atoms with Gasteiger partial charge in [-0.05, 0) is 47.2 Å². The van der Waals surface area contributed by atoms with Crippen LogP contribution in [-0.4, -0.2) is 5.97 Å². The van der Waals surface area contributed by atoms with Crippen LogP contribution in [0.5, 0.6) is 5.75 Å². The molecule has 1 aliphatic carbocycles. The number of esters is 1. The van der Waals surface area contributed by atoms with Crippen molar-refractivity contribution >= 4 is 5.97 Å². The van der Waals surface area contributed by atoms with Crippen LogP contribution in [0, 0.1) is 0 Å². The molecule has 0 fully saturated rings. The van der Waals surface area contributed by atoms with E-state index in [1.807, 2.05) is 42.5 Å². The summed E-state index contributed by atoms with van der Waals surface area (Å²) in [7, 11) is 0. The van der Waals surface area contributed by atoms with E-state index in [0.717, 1.165) is 17.5 Å². The second kappa shape index (κ2) is 6.06. The second-order valence-electron chi connectivity index (χ2n) is 6.33. The maximum absolute atomic E-state index is 12.1. The highest BCUT2D eigenvalue weighted by Crippen LogP contribution is 2.46. The van der Waals surface area contributed by atoms with E-state index in [-0.39, 0.29) is 5.97 Å². The highest BCUT2D eigenvalue weighted by Gasteiger charge is 2.26. The monoisotopic (exact) mass is 326 g/mol. The van der Waals surface area contributed by atoms with Gasteiger partial charge in [-0.3, -0.25) is 0 Å². The summed E-state index contributed by atoms with van der Waals surface area (Å²) in [6.07, 6.45) is 0.841. The largest absolute Gasteiger partial charge is 0.423 e. The van der Waals surface area contributed by atoms with Crippen molar-refractivity contribution in [3.63, 3.8) is 0 Å². The molecule has 4 rings (SSSR count). The van der Waals surface area contributed by atoms with Crippen molar-refractivity contribution in [2.75, 3.05) is 0 Å². The minimum atomic E-state index is -0.390. The lowest BCUT2D eigenvalue weighted by molar-refractivity contribution is -0.130. The van der Waals surface area contributed by atoms with E-state index in [2.05, 4.69) is 30.8 Å². The SMILES string of the molecule is C=C(C)C(=O)Oc1ccc(-c2ccccc2)c2c1-c1ccccc1C2. The molecule has 0 bridgehead atoms. The van der Waals surface area contributed by atoms with Gasteiger partial charge in [0.05, 0.1) is 0 Å². The zero-order valence-electron chi connectivity index (χ0n) is 14.1. The fourth-order valence-electron chi connectivity index (χ4n) is 3.37. The van der Waals surface area contributed by atoms with Gasteiger partial charge in [-0.15, -0.1) is 0 Å². The van der Waals surface area contributed by atoms with Gasteiger partial charge in [0.2, 0.25) is 0 Å². The normalized spacial score (nSPS) is 11.6. The van der Waals surface area contributed by atoms with Gasteiger partial charge in [0.25, 0.3) is 0 Å². The van der Waals surface area contributed by atoms with E-state index in [1.165, 1.54) is 22.3 Å². The van der Waals surface area contributed by atoms with Crippen molar-refractivity contribution in [1.29, 1.82) is 0 Å². The Labute approximate surface area is 147 Å². The topological polar surface area (TPSA) is 26.3 Å². The maximum Gasteiger partial charge on any atom is 0.338 e. The molecule has 0 N–H and O–H groups in total. The van der Waals surface area contributed by atoms with Crippen LogP contribution in [0.15, 0.2) is 78.9 Å². The summed E-state index contributed by atoms with van der Waals surface area (Å²) in [4.78, 5) is 12.1. The molecule has 0 heterocycles. The Morgan fingerprint density at radius 3 is 2.40 bits per heavy atom. The predicted octanol–water partition coefficient (Wildman–Crippen LogP) is 5.41. The third-order valence-electron chi connectivity index (χ3n) is 4.56. The average molecular weight is 326 g/mol. The molecule has 0 unspecified atom stereocenters. The number of rotatable bonds is 3. The van der Waals surface area contributed by atoms with Crippen LogP contribution < -0.4 is 4.74 Å². The van der Waals surface area contributed by atoms with E-state index >= 15 is 0 Å². The molecule has 1 aliphatic rings. The molecule has 0 aliphatic heterocycles. The minimum Gasteiger partial charge on any atom is -0.423 e. The minimum absolute atomic E-state index is 0.390. The van der Waals surface area contributed by atoms with Gasteiger partial charge in [0.15, 0.2) is 0 Å². The Bertz CT molecular complexity index is 984. The molecule has 2 nitrogen and oxygen atoms in total. The Hall–Kier alpha value is -3.13. The number of fused-ring (bicyclic) bond motifs is 3. The van der Waals surface area contributed by atoms with E-state index in [4.69, 9.17) is 4.74 Å². The molecule has 0 atom stereocenters. The fraction of sp³-hybridized carbons (Fsp3) is 0.0870. The lowest BCUT2D eigenvalue weighted by Crippen LogP contribution is -2.09. The molecule has 0 saturated heterocycles. The van der Waals surface area contributed by atoms with Crippen LogP contribution in [0.1, 0.15) is 18.1 Å². The molecule has 25 heavy (non-hydrogen) atoms. The van der Waals surface area contributed by atoms with Gasteiger partial charge in [-0.25, -0.2) is 4.79 Å². The van der Waals surface area contributed by atoms with Crippen LogP contribution in [0.2, 0.25) is 0 Å². The van der Waals surface area contributed by atoms with Gasteiger partial charge in [0.1, 0.15) is 5.75 Å². The van der Waals surface area contributed by atoms with E-state index in [1.54, 1.807) is 6.92 Å². The molecule has 0 radical (unpaired) electrons. The number of ether oxygens (including phenoxy) is 1. The average Bonchev–Trinajstić information content (AvgIpc) is 3.02. The zero-order chi connectivity index (χ0) is 17.4. The Morgan fingerprint density at radius 1 is 0.920 bits per heavy atom. The Morgan fingerprint density at radius 2 is 1.64 bits per heavy atom. The molecule has 122 valence electrons. The first-order chi connectivity index (χ1) is 12.1. The van der Waals surface area contributed by atoms with E-state index in [9.17, 15) is 4.79 Å². The summed E-state index contributed by atoms with van der Waals surface area (Å²) >= 11 is 0. The van der Waals surface area contributed by atoms with Crippen LogP contribution >= 0.6 is 0 Å². The molecule has 0 aromatic heterocycles. The van der Waals surface area contributed by atoms with Crippen LogP contribution in [0.4, 0.5) is 0 Å². The third kappa shape index (κ3) is 2.66. The number of carbonyl (C=O) groups is 1. The molecular weight excluding hydrogens is 308 g/mol. The van der Waals surface area contributed by atoms with Crippen molar-refractivity contribution < 1.29 is 9.53 Å². The second-order valence-corrected chi connectivity index (χ2v) is 6.33. The van der Waals surface area contributed by atoms with Gasteiger partial charge >= 0.3 is 5.97 Å². The van der Waals surface area contributed by atoms with Gasteiger partial charge in [0, 0.05) is 11.1 Å². The first-order valence-electron chi connectivity index (χ1n) is 8.32. The quantitative estimate of drug-likeness (QED) is 0.286. The van der Waals surface area contributed by atoms with Crippen LogP contribution in [0.25, 0.3) is 22.3 Å². The number of hydrogen-bond donors (Lipinski definition) is 0. The number of benzene rings is 3. The lowest BCUT2D eigenvalue weighted by Gasteiger charge is -2.14. The molecule has 2 heteroatoms. The number of hydrogen-bond acceptors (Lipinski definition) is 2. The van der Waals surface area contributed by atoms with Crippen molar-refractivity contribution in [2.24, 2.45) is 0 Å². The van der Waals surface area contributed by atoms with Crippen molar-refractivity contribution in [3.8, 4) is 28.0 Å². The first kappa shape index (κ1) is 15.4. The zero-order valence-corrected chi connectivity index (χ0v) is 14.1. The molecule has 3 aromatic rings. The Kier molecular flexibility index (Phi) is 3.73. The lowest BCUT2D eigenvalue weighted by atomic mass is 9.95. The molecule has 0 spiro atoms. The molecule has 0 saturated carbocycles. The molecule has 3 aromatic carbocycles. The number of carbonyl (C=O) groups excluding carboxylic acids is 1. The van der Waals surface area contributed by atoms with Crippen LogP contribution in [0.3, 0.4) is 0 Å². The van der Waals surface area contributed by atoms with Gasteiger partial charge < -0.3 is 4.74 Å². The summed E-state index contributed by atoms with van der Waals surface area (Å²) in [5, 5.41) is 0. The van der Waals surface area contributed by atoms with Crippen molar-refractivity contribution in [1.82, 2.24) is 0 Å². The highest BCUT2D eigenvalue weighted by molar-refractivity contribution is 5.93. The first-order valence-corrected chi connectivity index (χ1v) is 8.32. The predicted molar refractivity (Wildman–Crippen MR) is 101 cm³/mol. The fourth-order valence-corrected chi connectivity index (χ4v) is 3.37. The van der Waals surface area contributed by atoms with Gasteiger partial charge in [-0.1, -0.05) is 67.2 Å². The van der Waals surface area contributed by atoms with E-state index in [0.29, 0.717) is 11.3 Å². The third-order valence-corrected chi connectivity index (χ3v) is 4.56. The summed E-state index contributed by atoms with van der Waals surface area (Å²) in [5.41, 5.74) is 7.37. The van der Waals surface area contributed by atoms with Crippen LogP contribution in [-0.2, 0) is 11.2 Å². The smallest absolute Gasteiger partial charge is 0.338 e.